The molecule has 0 aliphatic carbocycles. The van der Waals surface area contributed by atoms with Gasteiger partial charge in [-0.15, -0.1) is 6.58 Å². The number of ether oxygens (including phenoxy) is 1. The van der Waals surface area contributed by atoms with Crippen LogP contribution in [0, 0.1) is 5.82 Å². The van der Waals surface area contributed by atoms with E-state index in [2.05, 4.69) is 6.58 Å². The monoisotopic (exact) mass is 196 g/mol. The molecule has 1 aromatic carbocycles. The normalized spacial score (nSPS) is 12.2. The van der Waals surface area contributed by atoms with Gasteiger partial charge in [0.15, 0.2) is 11.6 Å². The summed E-state index contributed by atoms with van der Waals surface area (Å²) in [5, 5.41) is 9.53. The first-order valence-corrected chi connectivity index (χ1v) is 4.31. The summed E-state index contributed by atoms with van der Waals surface area (Å²) in [6.07, 6.45) is 1.30. The summed E-state index contributed by atoms with van der Waals surface area (Å²) in [6, 6.07) is 4.40. The van der Waals surface area contributed by atoms with Crippen molar-refractivity contribution in [3.05, 3.63) is 42.2 Å². The van der Waals surface area contributed by atoms with Gasteiger partial charge >= 0.3 is 0 Å². The van der Waals surface area contributed by atoms with Crippen LogP contribution in [0.1, 0.15) is 18.1 Å². The number of rotatable bonds is 4. The highest BCUT2D eigenvalue weighted by molar-refractivity contribution is 5.30. The maximum atomic E-state index is 13.2. The highest BCUT2D eigenvalue weighted by Gasteiger charge is 2.09. The molecule has 0 amide bonds. The van der Waals surface area contributed by atoms with Gasteiger partial charge in [-0.25, -0.2) is 4.39 Å². The lowest BCUT2D eigenvalue weighted by Crippen LogP contribution is -1.97. The van der Waals surface area contributed by atoms with Crippen molar-refractivity contribution in [2.24, 2.45) is 0 Å². The van der Waals surface area contributed by atoms with Crippen LogP contribution in [0.4, 0.5) is 4.39 Å². The Morgan fingerprint density at radius 2 is 2.36 bits per heavy atom. The molecule has 0 aromatic heterocycles. The SMILES string of the molecule is C=CC[C@@H](O)c1ccc(OC)c(F)c1. The van der Waals surface area contributed by atoms with Crippen LogP contribution in [0.2, 0.25) is 0 Å². The van der Waals surface area contributed by atoms with Gasteiger partial charge in [-0.1, -0.05) is 12.1 Å². The van der Waals surface area contributed by atoms with E-state index in [0.29, 0.717) is 12.0 Å². The van der Waals surface area contributed by atoms with E-state index in [1.165, 1.54) is 19.2 Å². The molecule has 0 fully saturated rings. The van der Waals surface area contributed by atoms with Gasteiger partial charge in [0.2, 0.25) is 0 Å². The molecule has 0 saturated carbocycles. The molecule has 1 N–H and O–H groups in total. The van der Waals surface area contributed by atoms with E-state index in [-0.39, 0.29) is 5.75 Å². The molecule has 0 heterocycles. The average molecular weight is 196 g/mol. The Morgan fingerprint density at radius 1 is 1.64 bits per heavy atom. The van der Waals surface area contributed by atoms with Crippen LogP contribution < -0.4 is 4.74 Å². The first kappa shape index (κ1) is 10.7. The van der Waals surface area contributed by atoms with Crippen LogP contribution in [0.5, 0.6) is 5.75 Å². The molecule has 0 aliphatic heterocycles. The molecule has 0 unspecified atom stereocenters. The van der Waals surface area contributed by atoms with Gasteiger partial charge in [0.25, 0.3) is 0 Å². The van der Waals surface area contributed by atoms with Crippen LogP contribution in [-0.4, -0.2) is 12.2 Å². The summed E-state index contributed by atoms with van der Waals surface area (Å²) in [5.41, 5.74) is 0.531. The zero-order valence-corrected chi connectivity index (χ0v) is 8.03. The zero-order chi connectivity index (χ0) is 10.6. The number of aliphatic hydroxyl groups excluding tert-OH is 1. The van der Waals surface area contributed by atoms with Crippen molar-refractivity contribution in [3.63, 3.8) is 0 Å². The van der Waals surface area contributed by atoms with Crippen molar-refractivity contribution in [2.75, 3.05) is 7.11 Å². The molecular weight excluding hydrogens is 183 g/mol. The molecule has 0 spiro atoms. The van der Waals surface area contributed by atoms with Gasteiger partial charge in [0.1, 0.15) is 0 Å². The van der Waals surface area contributed by atoms with Crippen molar-refractivity contribution in [1.82, 2.24) is 0 Å². The van der Waals surface area contributed by atoms with Gasteiger partial charge < -0.3 is 9.84 Å². The second kappa shape index (κ2) is 4.77. The lowest BCUT2D eigenvalue weighted by Gasteiger charge is -2.09. The minimum atomic E-state index is -0.701. The highest BCUT2D eigenvalue weighted by Crippen LogP contribution is 2.23. The van der Waals surface area contributed by atoms with E-state index in [9.17, 15) is 9.50 Å². The number of methoxy groups -OCH3 is 1. The molecule has 1 rings (SSSR count). The Bertz CT molecular complexity index is 323. The van der Waals surface area contributed by atoms with Crippen molar-refractivity contribution in [2.45, 2.75) is 12.5 Å². The second-order valence-corrected chi connectivity index (χ2v) is 2.93. The van der Waals surface area contributed by atoms with Crippen LogP contribution in [0.25, 0.3) is 0 Å². The summed E-state index contributed by atoms with van der Waals surface area (Å²) >= 11 is 0. The van der Waals surface area contributed by atoms with Gasteiger partial charge in [-0.05, 0) is 24.1 Å². The Kier molecular flexibility index (Phi) is 3.65. The number of hydrogen-bond acceptors (Lipinski definition) is 2. The lowest BCUT2D eigenvalue weighted by molar-refractivity contribution is 0.181. The topological polar surface area (TPSA) is 29.5 Å². The molecule has 0 radical (unpaired) electrons. The maximum absolute atomic E-state index is 13.2. The van der Waals surface area contributed by atoms with E-state index in [1.807, 2.05) is 0 Å². The number of halogens is 1. The third-order valence-electron chi connectivity index (χ3n) is 1.95. The van der Waals surface area contributed by atoms with Crippen molar-refractivity contribution >= 4 is 0 Å². The number of aliphatic hydroxyl groups is 1. The van der Waals surface area contributed by atoms with Gasteiger partial charge in [-0.2, -0.15) is 0 Å². The largest absolute Gasteiger partial charge is 0.494 e. The molecule has 0 saturated heterocycles. The molecule has 0 bridgehead atoms. The Balaban J connectivity index is 2.90. The fourth-order valence-corrected chi connectivity index (χ4v) is 1.18. The minimum absolute atomic E-state index is 0.180. The number of hydrogen-bond donors (Lipinski definition) is 1. The third kappa shape index (κ3) is 2.33. The van der Waals surface area contributed by atoms with Crippen LogP contribution >= 0.6 is 0 Å². The molecule has 3 heteroatoms. The third-order valence-corrected chi connectivity index (χ3v) is 1.95. The van der Waals surface area contributed by atoms with Crippen LogP contribution in [0.3, 0.4) is 0 Å². The maximum Gasteiger partial charge on any atom is 0.165 e. The van der Waals surface area contributed by atoms with Crippen LogP contribution in [0.15, 0.2) is 30.9 Å². The lowest BCUT2D eigenvalue weighted by atomic mass is 10.1. The van der Waals surface area contributed by atoms with E-state index >= 15 is 0 Å². The predicted molar refractivity (Wildman–Crippen MR) is 52.7 cm³/mol. The fourth-order valence-electron chi connectivity index (χ4n) is 1.18. The Morgan fingerprint density at radius 3 is 2.86 bits per heavy atom. The van der Waals surface area contributed by atoms with Gasteiger partial charge in [0, 0.05) is 0 Å². The quantitative estimate of drug-likeness (QED) is 0.749. The summed E-state index contributed by atoms with van der Waals surface area (Å²) in [6.45, 7) is 3.50. The molecule has 76 valence electrons. The van der Waals surface area contributed by atoms with Crippen LogP contribution in [-0.2, 0) is 0 Å². The molecule has 1 atom stereocenters. The molecule has 0 aliphatic rings. The van der Waals surface area contributed by atoms with E-state index in [1.54, 1.807) is 12.1 Å². The van der Waals surface area contributed by atoms with E-state index in [0.717, 1.165) is 0 Å². The zero-order valence-electron chi connectivity index (χ0n) is 8.03. The predicted octanol–water partition coefficient (Wildman–Crippen LogP) is 2.44. The standard InChI is InChI=1S/C11H13FO2/c1-3-4-10(13)8-5-6-11(14-2)9(12)7-8/h3,5-7,10,13H,1,4H2,2H3/t10-/m1/s1. The summed E-state index contributed by atoms with van der Waals surface area (Å²) < 4.78 is 18.0. The second-order valence-electron chi connectivity index (χ2n) is 2.93. The van der Waals surface area contributed by atoms with Crippen molar-refractivity contribution < 1.29 is 14.2 Å². The molecule has 14 heavy (non-hydrogen) atoms. The van der Waals surface area contributed by atoms with Crippen molar-refractivity contribution in [1.29, 1.82) is 0 Å². The summed E-state index contributed by atoms with van der Waals surface area (Å²) in [7, 11) is 1.40. The molecule has 2 nitrogen and oxygen atoms in total. The van der Waals surface area contributed by atoms with Crippen molar-refractivity contribution in [3.8, 4) is 5.75 Å². The van der Waals surface area contributed by atoms with E-state index < -0.39 is 11.9 Å². The molecule has 1 aromatic rings. The fraction of sp³-hybridized carbons (Fsp3) is 0.273. The molecular formula is C11H13FO2. The Labute approximate surface area is 82.6 Å². The first-order chi connectivity index (χ1) is 6.69. The highest BCUT2D eigenvalue weighted by atomic mass is 19.1. The first-order valence-electron chi connectivity index (χ1n) is 4.31. The van der Waals surface area contributed by atoms with Gasteiger partial charge in [-0.3, -0.25) is 0 Å². The average Bonchev–Trinajstić information content (AvgIpc) is 2.18. The summed E-state index contributed by atoms with van der Waals surface area (Å²) in [4.78, 5) is 0. The summed E-state index contributed by atoms with van der Waals surface area (Å²) in [5.74, 6) is -0.285. The number of benzene rings is 1. The van der Waals surface area contributed by atoms with Gasteiger partial charge in [0.05, 0.1) is 13.2 Å². The smallest absolute Gasteiger partial charge is 0.165 e. The van der Waals surface area contributed by atoms with E-state index in [4.69, 9.17) is 4.74 Å². The Hall–Kier alpha value is -1.35. The minimum Gasteiger partial charge on any atom is -0.494 e.